The third-order valence-corrected chi connectivity index (χ3v) is 4.53. The molecule has 92 valence electrons. The maximum atomic E-state index is 9.34. The fraction of sp³-hybridized carbons (Fsp3) is 0.714. The highest BCUT2D eigenvalue weighted by Gasteiger charge is 2.14. The number of hydrogen-bond donors (Lipinski definition) is 1. The Morgan fingerprint density at radius 1 is 1.19 bits per heavy atom. The van der Waals surface area contributed by atoms with Crippen LogP contribution in [0.25, 0.3) is 0 Å². The van der Waals surface area contributed by atoms with Gasteiger partial charge in [0.15, 0.2) is 0 Å². The van der Waals surface area contributed by atoms with Crippen molar-refractivity contribution in [2.75, 3.05) is 6.61 Å². The average molecular weight is 238 g/mol. The second-order valence-corrected chi connectivity index (χ2v) is 11.6. The number of aliphatic hydroxyl groups excluding tert-OH is 1. The van der Waals surface area contributed by atoms with Gasteiger partial charge >= 0.3 is 0 Å². The normalized spacial score (nSPS) is 18.8. The molecule has 0 atom stereocenters. The predicted octanol–water partition coefficient (Wildman–Crippen LogP) is 4.13. The fourth-order valence-electron chi connectivity index (χ4n) is 2.26. The van der Waals surface area contributed by atoms with E-state index in [0.717, 1.165) is 6.04 Å². The second kappa shape index (κ2) is 6.41. The Morgan fingerprint density at radius 2 is 1.81 bits per heavy atom. The van der Waals surface area contributed by atoms with E-state index in [1.54, 1.807) is 5.57 Å². The van der Waals surface area contributed by atoms with Gasteiger partial charge in [0.05, 0.1) is 6.61 Å². The number of aliphatic hydroxyl groups is 1. The zero-order valence-electron chi connectivity index (χ0n) is 11.1. The Hall–Kier alpha value is -0.343. The van der Waals surface area contributed by atoms with Crippen LogP contribution in [-0.2, 0) is 0 Å². The predicted molar refractivity (Wildman–Crippen MR) is 74.5 cm³/mol. The SMILES string of the molecule is C[Si](C)(C)C/C(=C\C=C1CCCCC1)CO. The van der Waals surface area contributed by atoms with Crippen LogP contribution in [0.1, 0.15) is 32.1 Å². The minimum atomic E-state index is -1.09. The molecule has 0 heterocycles. The Morgan fingerprint density at radius 3 is 2.31 bits per heavy atom. The average Bonchev–Trinajstić information content (AvgIpc) is 2.24. The summed E-state index contributed by atoms with van der Waals surface area (Å²) in [5.41, 5.74) is 2.80. The van der Waals surface area contributed by atoms with E-state index in [-0.39, 0.29) is 6.61 Å². The molecule has 0 aromatic heterocycles. The molecular weight excluding hydrogens is 212 g/mol. The highest BCUT2D eigenvalue weighted by Crippen LogP contribution is 2.23. The van der Waals surface area contributed by atoms with Gasteiger partial charge < -0.3 is 5.11 Å². The Labute approximate surface area is 101 Å². The van der Waals surface area contributed by atoms with Crippen LogP contribution in [0.5, 0.6) is 0 Å². The van der Waals surface area contributed by atoms with Gasteiger partial charge in [0.1, 0.15) is 0 Å². The summed E-state index contributed by atoms with van der Waals surface area (Å²) in [4.78, 5) is 0. The zero-order valence-corrected chi connectivity index (χ0v) is 12.1. The Balaban J connectivity index is 2.57. The minimum Gasteiger partial charge on any atom is -0.392 e. The van der Waals surface area contributed by atoms with Gasteiger partial charge in [0.2, 0.25) is 0 Å². The number of hydrogen-bond acceptors (Lipinski definition) is 1. The molecule has 0 unspecified atom stereocenters. The quantitative estimate of drug-likeness (QED) is 0.730. The first-order chi connectivity index (χ1) is 7.51. The molecular formula is C14H26OSi. The summed E-state index contributed by atoms with van der Waals surface area (Å²) < 4.78 is 0. The van der Waals surface area contributed by atoms with Crippen molar-refractivity contribution in [1.82, 2.24) is 0 Å². The molecule has 0 spiro atoms. The van der Waals surface area contributed by atoms with Crippen molar-refractivity contribution in [2.24, 2.45) is 0 Å². The molecule has 1 N–H and O–H groups in total. The largest absolute Gasteiger partial charge is 0.392 e. The molecule has 0 amide bonds. The molecule has 1 aliphatic carbocycles. The highest BCUT2D eigenvalue weighted by atomic mass is 28.3. The summed E-state index contributed by atoms with van der Waals surface area (Å²) in [6.45, 7) is 7.28. The van der Waals surface area contributed by atoms with Gasteiger partial charge in [-0.05, 0) is 37.3 Å². The van der Waals surface area contributed by atoms with E-state index in [1.165, 1.54) is 37.7 Å². The van der Waals surface area contributed by atoms with Crippen LogP contribution in [-0.4, -0.2) is 19.8 Å². The monoisotopic (exact) mass is 238 g/mol. The van der Waals surface area contributed by atoms with Crippen molar-refractivity contribution in [3.05, 3.63) is 23.3 Å². The minimum absolute atomic E-state index is 0.230. The van der Waals surface area contributed by atoms with Gasteiger partial charge in [-0.1, -0.05) is 43.8 Å². The van der Waals surface area contributed by atoms with E-state index in [9.17, 15) is 5.11 Å². The van der Waals surface area contributed by atoms with Crippen molar-refractivity contribution in [3.8, 4) is 0 Å². The van der Waals surface area contributed by atoms with Crippen LogP contribution >= 0.6 is 0 Å². The van der Waals surface area contributed by atoms with Crippen LogP contribution in [0.15, 0.2) is 23.3 Å². The molecule has 0 aromatic rings. The molecule has 1 nitrogen and oxygen atoms in total. The molecule has 1 fully saturated rings. The van der Waals surface area contributed by atoms with Crippen molar-refractivity contribution in [1.29, 1.82) is 0 Å². The number of allylic oxidation sites excluding steroid dienone is 3. The van der Waals surface area contributed by atoms with E-state index in [1.807, 2.05) is 0 Å². The van der Waals surface area contributed by atoms with Gasteiger partial charge in [-0.3, -0.25) is 0 Å². The number of rotatable bonds is 4. The molecule has 0 radical (unpaired) electrons. The topological polar surface area (TPSA) is 20.2 Å². The summed E-state index contributed by atoms with van der Waals surface area (Å²) in [5, 5.41) is 9.34. The van der Waals surface area contributed by atoms with Crippen LogP contribution in [0.2, 0.25) is 25.7 Å². The molecule has 0 aromatic carbocycles. The van der Waals surface area contributed by atoms with E-state index < -0.39 is 8.07 Å². The first-order valence-corrected chi connectivity index (χ1v) is 10.2. The smallest absolute Gasteiger partial charge is 0.0642 e. The molecule has 16 heavy (non-hydrogen) atoms. The molecule has 1 saturated carbocycles. The van der Waals surface area contributed by atoms with E-state index in [0.29, 0.717) is 0 Å². The second-order valence-electron chi connectivity index (χ2n) is 6.11. The zero-order chi connectivity index (χ0) is 12.0. The Kier molecular flexibility index (Phi) is 5.49. The molecule has 0 aliphatic heterocycles. The van der Waals surface area contributed by atoms with E-state index >= 15 is 0 Å². The molecule has 0 saturated heterocycles. The fourth-order valence-corrected chi connectivity index (χ4v) is 3.85. The van der Waals surface area contributed by atoms with E-state index in [4.69, 9.17) is 0 Å². The lowest BCUT2D eigenvalue weighted by molar-refractivity contribution is 0.331. The summed E-state index contributed by atoms with van der Waals surface area (Å²) in [5.74, 6) is 0. The summed E-state index contributed by atoms with van der Waals surface area (Å²) in [6, 6.07) is 1.12. The standard InChI is InChI=1S/C14H26OSi/c1-16(2,3)12-14(11-15)10-9-13-7-5-4-6-8-13/h9-10,15H,4-8,11-12H2,1-3H3/b14-10-. The maximum Gasteiger partial charge on any atom is 0.0642 e. The van der Waals surface area contributed by atoms with Gasteiger partial charge in [-0.25, -0.2) is 0 Å². The molecule has 1 aliphatic rings. The molecule has 0 bridgehead atoms. The van der Waals surface area contributed by atoms with Crippen LogP contribution in [0.3, 0.4) is 0 Å². The Bertz CT molecular complexity index is 263. The van der Waals surface area contributed by atoms with Gasteiger partial charge in [0.25, 0.3) is 0 Å². The lowest BCUT2D eigenvalue weighted by atomic mass is 9.94. The van der Waals surface area contributed by atoms with Crippen molar-refractivity contribution < 1.29 is 5.11 Å². The van der Waals surface area contributed by atoms with Crippen molar-refractivity contribution in [2.45, 2.75) is 57.8 Å². The first kappa shape index (κ1) is 13.7. The van der Waals surface area contributed by atoms with E-state index in [2.05, 4.69) is 31.8 Å². The summed E-state index contributed by atoms with van der Waals surface area (Å²) >= 11 is 0. The third kappa shape index (κ3) is 5.66. The van der Waals surface area contributed by atoms with Crippen LogP contribution < -0.4 is 0 Å². The van der Waals surface area contributed by atoms with Gasteiger partial charge in [-0.2, -0.15) is 0 Å². The van der Waals surface area contributed by atoms with Gasteiger partial charge in [-0.15, -0.1) is 0 Å². The van der Waals surface area contributed by atoms with Crippen molar-refractivity contribution >= 4 is 8.07 Å². The van der Waals surface area contributed by atoms with Crippen LogP contribution in [0.4, 0.5) is 0 Å². The molecule has 2 heteroatoms. The third-order valence-electron chi connectivity index (χ3n) is 3.01. The van der Waals surface area contributed by atoms with Crippen LogP contribution in [0, 0.1) is 0 Å². The van der Waals surface area contributed by atoms with Crippen molar-refractivity contribution in [3.63, 3.8) is 0 Å². The summed E-state index contributed by atoms with van der Waals surface area (Å²) in [7, 11) is -1.09. The van der Waals surface area contributed by atoms with Gasteiger partial charge in [0, 0.05) is 8.07 Å². The summed E-state index contributed by atoms with van der Waals surface area (Å²) in [6.07, 6.45) is 11.1. The lowest BCUT2D eigenvalue weighted by Gasteiger charge is -2.17. The maximum absolute atomic E-state index is 9.34. The highest BCUT2D eigenvalue weighted by molar-refractivity contribution is 6.76. The first-order valence-electron chi connectivity index (χ1n) is 6.49. The lowest BCUT2D eigenvalue weighted by Crippen LogP contribution is -2.20. The molecule has 1 rings (SSSR count).